The molecule has 6 heteroatoms. The van der Waals surface area contributed by atoms with Gasteiger partial charge in [0.25, 0.3) is 0 Å². The van der Waals surface area contributed by atoms with Crippen LogP contribution in [0.1, 0.15) is 367 Å². The minimum atomic E-state index is -0.773. The van der Waals surface area contributed by atoms with E-state index in [1.807, 2.05) is 0 Å². The molecule has 0 aromatic carbocycles. The largest absolute Gasteiger partial charge is 0.462 e. The van der Waals surface area contributed by atoms with Crippen LogP contribution in [-0.4, -0.2) is 37.2 Å². The molecule has 77 heavy (non-hydrogen) atoms. The van der Waals surface area contributed by atoms with E-state index in [0.29, 0.717) is 19.3 Å². The molecule has 0 spiro atoms. The Kier molecular flexibility index (Phi) is 63.6. The summed E-state index contributed by atoms with van der Waals surface area (Å²) in [6.07, 6.45) is 82.8. The molecule has 0 radical (unpaired) electrons. The third kappa shape index (κ3) is 64.1. The van der Waals surface area contributed by atoms with Gasteiger partial charge in [-0.05, 0) is 83.5 Å². The van der Waals surface area contributed by atoms with E-state index in [0.717, 1.165) is 70.6 Å². The van der Waals surface area contributed by atoms with Crippen molar-refractivity contribution >= 4 is 17.9 Å². The molecule has 0 saturated heterocycles. The third-order valence-corrected chi connectivity index (χ3v) is 15.3. The van der Waals surface area contributed by atoms with Gasteiger partial charge in [0.15, 0.2) is 6.10 Å². The highest BCUT2D eigenvalue weighted by Crippen LogP contribution is 2.18. The molecule has 1 unspecified atom stereocenters. The number of hydrogen-bond acceptors (Lipinski definition) is 6. The van der Waals surface area contributed by atoms with Gasteiger partial charge < -0.3 is 14.2 Å². The first-order valence-corrected chi connectivity index (χ1v) is 34.1. The van der Waals surface area contributed by atoms with Gasteiger partial charge in [0.2, 0.25) is 0 Å². The highest BCUT2D eigenvalue weighted by Gasteiger charge is 2.19. The van der Waals surface area contributed by atoms with Crippen molar-refractivity contribution in [3.63, 3.8) is 0 Å². The molecule has 450 valence electrons. The molecule has 0 aliphatic rings. The lowest BCUT2D eigenvalue weighted by Crippen LogP contribution is -2.30. The molecule has 6 nitrogen and oxygen atoms in total. The van der Waals surface area contributed by atoms with E-state index >= 15 is 0 Å². The third-order valence-electron chi connectivity index (χ3n) is 15.3. The molecular weight excluding hydrogens is 949 g/mol. The predicted octanol–water partition coefficient (Wildman–Crippen LogP) is 23.3. The van der Waals surface area contributed by atoms with Crippen molar-refractivity contribution in [1.29, 1.82) is 0 Å². The molecule has 0 heterocycles. The van der Waals surface area contributed by atoms with Gasteiger partial charge in [0, 0.05) is 19.3 Å². The second-order valence-electron chi connectivity index (χ2n) is 23.1. The molecule has 1 atom stereocenters. The summed E-state index contributed by atoms with van der Waals surface area (Å²) < 4.78 is 16.9. The average Bonchev–Trinajstić information content (AvgIpc) is 3.43. The number of carbonyl (C=O) groups is 3. The Balaban J connectivity index is 4.20. The Labute approximate surface area is 479 Å². The molecule has 0 rings (SSSR count). The van der Waals surface area contributed by atoms with Crippen LogP contribution in [0.15, 0.2) is 48.6 Å². The van der Waals surface area contributed by atoms with Gasteiger partial charge in [-0.1, -0.05) is 313 Å². The van der Waals surface area contributed by atoms with Crippen LogP contribution >= 0.6 is 0 Å². The molecule has 0 aliphatic heterocycles. The van der Waals surface area contributed by atoms with E-state index in [4.69, 9.17) is 14.2 Å². The van der Waals surface area contributed by atoms with Crippen LogP contribution in [0, 0.1) is 0 Å². The fourth-order valence-electron chi connectivity index (χ4n) is 10.2. The van der Waals surface area contributed by atoms with E-state index in [9.17, 15) is 14.4 Å². The summed E-state index contributed by atoms with van der Waals surface area (Å²) in [7, 11) is 0. The SMILES string of the molecule is CCCCCCC/C=C\C/C=C\CCCCCCCCCCCCCCCCCC(=O)OCC(COC(=O)CCCCCCCCCCCCC)OC(=O)CCCCCCCCCCC/C=C\C/C=C\CCCCCCC. The molecule has 0 aliphatic carbocycles. The summed E-state index contributed by atoms with van der Waals surface area (Å²) in [5, 5.41) is 0. The topological polar surface area (TPSA) is 78.9 Å². The highest BCUT2D eigenvalue weighted by molar-refractivity contribution is 5.71. The van der Waals surface area contributed by atoms with Crippen molar-refractivity contribution in [2.24, 2.45) is 0 Å². The Morgan fingerprint density at radius 3 is 0.714 bits per heavy atom. The standard InChI is InChI=1S/C71H130O6/c1-4-7-10-13-16-19-22-24-26-28-30-32-33-34-35-36-37-39-40-42-44-46-49-52-55-58-61-64-70(73)76-67-68(66-75-69(72)63-60-57-54-51-48-21-18-15-12-9-6-3)77-71(74)65-62-59-56-53-50-47-45-43-41-38-31-29-27-25-23-20-17-14-11-8-5-2/h22-25,28-31,68H,4-21,26-27,32-67H2,1-3H3/b24-22-,25-23-,30-28-,31-29-. The maximum absolute atomic E-state index is 12.9. The van der Waals surface area contributed by atoms with Crippen molar-refractivity contribution in [1.82, 2.24) is 0 Å². The average molecular weight is 1080 g/mol. The number of carbonyl (C=O) groups excluding carboxylic acids is 3. The maximum atomic E-state index is 12.9. The maximum Gasteiger partial charge on any atom is 0.306 e. The number of allylic oxidation sites excluding steroid dienone is 8. The molecular formula is C71H130O6. The summed E-state index contributed by atoms with van der Waals surface area (Å²) in [4.78, 5) is 38.3. The lowest BCUT2D eigenvalue weighted by atomic mass is 10.0. The van der Waals surface area contributed by atoms with Gasteiger partial charge in [-0.3, -0.25) is 14.4 Å². The van der Waals surface area contributed by atoms with Crippen molar-refractivity contribution in [3.8, 4) is 0 Å². The molecule has 0 aromatic heterocycles. The fraction of sp³-hybridized carbons (Fsp3) is 0.845. The zero-order valence-corrected chi connectivity index (χ0v) is 51.7. The summed E-state index contributed by atoms with van der Waals surface area (Å²) in [6.45, 7) is 6.66. The van der Waals surface area contributed by atoms with Gasteiger partial charge in [0.1, 0.15) is 13.2 Å². The quantitative estimate of drug-likeness (QED) is 0.0261. The monoisotopic (exact) mass is 1080 g/mol. The first-order valence-electron chi connectivity index (χ1n) is 34.1. The van der Waals surface area contributed by atoms with Crippen molar-refractivity contribution < 1.29 is 28.6 Å². The van der Waals surface area contributed by atoms with Gasteiger partial charge in [-0.15, -0.1) is 0 Å². The van der Waals surface area contributed by atoms with Crippen LogP contribution in [-0.2, 0) is 28.6 Å². The Morgan fingerprint density at radius 1 is 0.260 bits per heavy atom. The summed E-state index contributed by atoms with van der Waals surface area (Å²) in [5.41, 5.74) is 0. The Morgan fingerprint density at radius 2 is 0.468 bits per heavy atom. The Hall–Kier alpha value is -2.63. The normalized spacial score (nSPS) is 12.3. The smallest absolute Gasteiger partial charge is 0.306 e. The summed E-state index contributed by atoms with van der Waals surface area (Å²) in [5.74, 6) is -0.852. The number of esters is 3. The molecule has 0 amide bonds. The molecule has 0 bridgehead atoms. The predicted molar refractivity (Wildman–Crippen MR) is 335 cm³/mol. The van der Waals surface area contributed by atoms with E-state index in [1.54, 1.807) is 0 Å². The van der Waals surface area contributed by atoms with Crippen LogP contribution < -0.4 is 0 Å². The zero-order valence-electron chi connectivity index (χ0n) is 51.7. The number of hydrogen-bond donors (Lipinski definition) is 0. The first-order chi connectivity index (χ1) is 38.0. The van der Waals surface area contributed by atoms with Gasteiger partial charge >= 0.3 is 17.9 Å². The van der Waals surface area contributed by atoms with Crippen LogP contribution in [0.3, 0.4) is 0 Å². The van der Waals surface area contributed by atoms with Gasteiger partial charge in [-0.2, -0.15) is 0 Å². The summed E-state index contributed by atoms with van der Waals surface area (Å²) in [6, 6.07) is 0. The van der Waals surface area contributed by atoms with E-state index < -0.39 is 6.10 Å². The molecule has 0 aromatic rings. The molecule has 0 fully saturated rings. The van der Waals surface area contributed by atoms with Crippen LogP contribution in [0.2, 0.25) is 0 Å². The van der Waals surface area contributed by atoms with Crippen LogP contribution in [0.5, 0.6) is 0 Å². The lowest BCUT2D eigenvalue weighted by Gasteiger charge is -2.18. The highest BCUT2D eigenvalue weighted by atomic mass is 16.6. The van der Waals surface area contributed by atoms with Crippen molar-refractivity contribution in [2.75, 3.05) is 13.2 Å². The van der Waals surface area contributed by atoms with E-state index in [-0.39, 0.29) is 31.1 Å². The first kappa shape index (κ1) is 74.4. The second-order valence-corrected chi connectivity index (χ2v) is 23.1. The van der Waals surface area contributed by atoms with Crippen molar-refractivity contribution in [3.05, 3.63) is 48.6 Å². The molecule has 0 saturated carbocycles. The molecule has 0 N–H and O–H groups in total. The number of ether oxygens (including phenoxy) is 3. The van der Waals surface area contributed by atoms with E-state index in [2.05, 4.69) is 69.4 Å². The van der Waals surface area contributed by atoms with Crippen LogP contribution in [0.4, 0.5) is 0 Å². The fourth-order valence-corrected chi connectivity index (χ4v) is 10.2. The van der Waals surface area contributed by atoms with E-state index in [1.165, 1.54) is 257 Å². The van der Waals surface area contributed by atoms with Crippen molar-refractivity contribution in [2.45, 2.75) is 374 Å². The minimum Gasteiger partial charge on any atom is -0.462 e. The zero-order chi connectivity index (χ0) is 55.7. The second kappa shape index (κ2) is 65.9. The van der Waals surface area contributed by atoms with Gasteiger partial charge in [-0.25, -0.2) is 0 Å². The number of unbranched alkanes of at least 4 members (excludes halogenated alkanes) is 44. The van der Waals surface area contributed by atoms with Gasteiger partial charge in [0.05, 0.1) is 0 Å². The minimum absolute atomic E-state index is 0.0703. The summed E-state index contributed by atoms with van der Waals surface area (Å²) >= 11 is 0. The van der Waals surface area contributed by atoms with Crippen LogP contribution in [0.25, 0.3) is 0 Å². The number of rotatable bonds is 63. The Bertz CT molecular complexity index is 1330. The lowest BCUT2D eigenvalue weighted by molar-refractivity contribution is -0.167.